The third-order valence-corrected chi connectivity index (χ3v) is 4.56. The highest BCUT2D eigenvalue weighted by molar-refractivity contribution is 5.44. The Morgan fingerprint density at radius 1 is 1.25 bits per heavy atom. The Hall–Kier alpha value is -1.09. The van der Waals surface area contributed by atoms with E-state index in [1.54, 1.807) is 0 Å². The predicted octanol–water partition coefficient (Wildman–Crippen LogP) is 3.75. The first-order chi connectivity index (χ1) is 9.38. The number of nitrogens with two attached hydrogens (primary N) is 1. The van der Waals surface area contributed by atoms with Crippen LogP contribution in [0.3, 0.4) is 0 Å². The maximum atomic E-state index is 5.86. The molecule has 112 valence electrons. The van der Waals surface area contributed by atoms with E-state index in [4.69, 9.17) is 5.73 Å². The molecular weight excluding hydrogens is 246 g/mol. The number of anilines is 1. The van der Waals surface area contributed by atoms with Crippen molar-refractivity contribution in [1.82, 2.24) is 4.98 Å². The lowest BCUT2D eigenvalue weighted by atomic mass is 9.77. The molecule has 1 fully saturated rings. The van der Waals surface area contributed by atoms with Crippen molar-refractivity contribution in [1.29, 1.82) is 0 Å². The third-order valence-electron chi connectivity index (χ3n) is 4.56. The lowest BCUT2D eigenvalue weighted by Crippen LogP contribution is -2.26. The van der Waals surface area contributed by atoms with Crippen LogP contribution in [-0.4, -0.2) is 18.1 Å². The molecule has 1 unspecified atom stereocenters. The van der Waals surface area contributed by atoms with Gasteiger partial charge in [-0.25, -0.2) is 0 Å². The molecule has 1 aromatic heterocycles. The van der Waals surface area contributed by atoms with Gasteiger partial charge in [-0.1, -0.05) is 20.8 Å². The predicted molar refractivity (Wildman–Crippen MR) is 85.8 cm³/mol. The van der Waals surface area contributed by atoms with Crippen LogP contribution in [0.15, 0.2) is 18.3 Å². The minimum Gasteiger partial charge on any atom is -0.370 e. The Morgan fingerprint density at radius 3 is 2.55 bits per heavy atom. The minimum absolute atomic E-state index is 0.0125. The third kappa shape index (κ3) is 3.72. The largest absolute Gasteiger partial charge is 0.370 e. The van der Waals surface area contributed by atoms with Gasteiger partial charge in [0, 0.05) is 19.1 Å². The number of hydrogen-bond acceptors (Lipinski definition) is 3. The Kier molecular flexibility index (Phi) is 4.69. The summed E-state index contributed by atoms with van der Waals surface area (Å²) in [4.78, 5) is 6.96. The average molecular weight is 275 g/mol. The van der Waals surface area contributed by atoms with Gasteiger partial charge in [-0.15, -0.1) is 0 Å². The standard InChI is InChI=1S/C17H29N3/c1-13(18)16-8-7-15(12-19-16)20-10-5-6-14(9-11-20)17(2,3)4/h7-8,12-14H,5-6,9-11,18H2,1-4H3/t13-,14?/m0/s1. The van der Waals surface area contributed by atoms with E-state index in [1.165, 1.54) is 24.9 Å². The summed E-state index contributed by atoms with van der Waals surface area (Å²) in [7, 11) is 0. The highest BCUT2D eigenvalue weighted by Crippen LogP contribution is 2.35. The maximum Gasteiger partial charge on any atom is 0.0569 e. The topological polar surface area (TPSA) is 42.1 Å². The fraction of sp³-hybridized carbons (Fsp3) is 0.706. The normalized spacial score (nSPS) is 22.4. The van der Waals surface area contributed by atoms with Gasteiger partial charge in [-0.3, -0.25) is 4.98 Å². The molecule has 1 aromatic rings. The van der Waals surface area contributed by atoms with Gasteiger partial charge >= 0.3 is 0 Å². The lowest BCUT2D eigenvalue weighted by Gasteiger charge is -2.30. The molecule has 0 radical (unpaired) electrons. The minimum atomic E-state index is 0.0125. The van der Waals surface area contributed by atoms with E-state index in [2.05, 4.69) is 42.8 Å². The fourth-order valence-corrected chi connectivity index (χ4v) is 3.07. The molecule has 0 aliphatic carbocycles. The molecule has 20 heavy (non-hydrogen) atoms. The van der Waals surface area contributed by atoms with Crippen molar-refractivity contribution in [2.45, 2.75) is 53.0 Å². The van der Waals surface area contributed by atoms with Crippen molar-refractivity contribution in [3.63, 3.8) is 0 Å². The smallest absolute Gasteiger partial charge is 0.0569 e. The summed E-state index contributed by atoms with van der Waals surface area (Å²) in [6, 6.07) is 4.24. The van der Waals surface area contributed by atoms with Crippen LogP contribution in [0.2, 0.25) is 0 Å². The fourth-order valence-electron chi connectivity index (χ4n) is 3.07. The quantitative estimate of drug-likeness (QED) is 0.893. The molecular formula is C17H29N3. The van der Waals surface area contributed by atoms with Crippen molar-refractivity contribution in [2.24, 2.45) is 17.1 Å². The Balaban J connectivity index is 2.03. The number of pyridine rings is 1. The molecule has 1 saturated heterocycles. The average Bonchev–Trinajstić information content (AvgIpc) is 2.64. The molecule has 1 aliphatic rings. The molecule has 1 aliphatic heterocycles. The van der Waals surface area contributed by atoms with Crippen LogP contribution in [-0.2, 0) is 0 Å². The van der Waals surface area contributed by atoms with Crippen LogP contribution >= 0.6 is 0 Å². The van der Waals surface area contributed by atoms with Gasteiger partial charge in [0.1, 0.15) is 0 Å². The second-order valence-electron chi connectivity index (χ2n) is 7.21. The van der Waals surface area contributed by atoms with Crippen molar-refractivity contribution >= 4 is 5.69 Å². The van der Waals surface area contributed by atoms with Gasteiger partial charge in [0.15, 0.2) is 0 Å². The Labute approximate surface area is 123 Å². The van der Waals surface area contributed by atoms with E-state index in [9.17, 15) is 0 Å². The molecule has 2 atom stereocenters. The number of hydrogen-bond donors (Lipinski definition) is 1. The van der Waals surface area contributed by atoms with Crippen LogP contribution < -0.4 is 10.6 Å². The molecule has 0 aromatic carbocycles. The monoisotopic (exact) mass is 275 g/mol. The number of nitrogens with zero attached hydrogens (tertiary/aromatic N) is 2. The summed E-state index contributed by atoms with van der Waals surface area (Å²) < 4.78 is 0. The van der Waals surface area contributed by atoms with Gasteiger partial charge in [0.25, 0.3) is 0 Å². The summed E-state index contributed by atoms with van der Waals surface area (Å²) in [6.45, 7) is 11.4. The first kappa shape index (κ1) is 15.3. The summed E-state index contributed by atoms with van der Waals surface area (Å²) >= 11 is 0. The zero-order chi connectivity index (χ0) is 14.8. The van der Waals surface area contributed by atoms with E-state index in [0.29, 0.717) is 5.41 Å². The highest BCUT2D eigenvalue weighted by atomic mass is 15.1. The first-order valence-corrected chi connectivity index (χ1v) is 7.84. The molecule has 0 amide bonds. The van der Waals surface area contributed by atoms with Crippen LogP contribution in [0.4, 0.5) is 5.69 Å². The van der Waals surface area contributed by atoms with Crippen LogP contribution in [0.25, 0.3) is 0 Å². The van der Waals surface area contributed by atoms with E-state index in [0.717, 1.165) is 24.7 Å². The van der Waals surface area contributed by atoms with Gasteiger partial charge < -0.3 is 10.6 Å². The Bertz CT molecular complexity index is 417. The lowest BCUT2D eigenvalue weighted by molar-refractivity contribution is 0.220. The van der Waals surface area contributed by atoms with Crippen LogP contribution in [0.1, 0.15) is 58.7 Å². The summed E-state index contributed by atoms with van der Waals surface area (Å²) in [5, 5.41) is 0. The van der Waals surface area contributed by atoms with Crippen LogP contribution in [0.5, 0.6) is 0 Å². The first-order valence-electron chi connectivity index (χ1n) is 7.84. The molecule has 2 N–H and O–H groups in total. The molecule has 0 spiro atoms. The van der Waals surface area contributed by atoms with E-state index >= 15 is 0 Å². The summed E-state index contributed by atoms with van der Waals surface area (Å²) in [5.41, 5.74) is 8.49. The van der Waals surface area contributed by atoms with E-state index in [1.807, 2.05) is 13.1 Å². The molecule has 0 bridgehead atoms. The molecule has 3 heteroatoms. The highest BCUT2D eigenvalue weighted by Gasteiger charge is 2.27. The molecule has 0 saturated carbocycles. The van der Waals surface area contributed by atoms with Crippen LogP contribution in [0, 0.1) is 11.3 Å². The van der Waals surface area contributed by atoms with Gasteiger partial charge in [-0.2, -0.15) is 0 Å². The van der Waals surface area contributed by atoms with E-state index in [-0.39, 0.29) is 6.04 Å². The van der Waals surface area contributed by atoms with Gasteiger partial charge in [0.2, 0.25) is 0 Å². The van der Waals surface area contributed by atoms with Crippen molar-refractivity contribution in [2.75, 3.05) is 18.0 Å². The number of rotatable bonds is 2. The maximum absolute atomic E-state index is 5.86. The molecule has 2 heterocycles. The second kappa shape index (κ2) is 6.13. The zero-order valence-corrected chi connectivity index (χ0v) is 13.4. The van der Waals surface area contributed by atoms with Crippen molar-refractivity contribution in [3.05, 3.63) is 24.0 Å². The summed E-state index contributed by atoms with van der Waals surface area (Å²) in [6.07, 6.45) is 5.87. The zero-order valence-electron chi connectivity index (χ0n) is 13.4. The Morgan fingerprint density at radius 2 is 2.00 bits per heavy atom. The second-order valence-corrected chi connectivity index (χ2v) is 7.21. The van der Waals surface area contributed by atoms with Gasteiger partial charge in [-0.05, 0) is 49.7 Å². The SMILES string of the molecule is C[C@H](N)c1ccc(N2CCCC(C(C)(C)C)CC2)cn1. The number of aromatic nitrogens is 1. The van der Waals surface area contributed by atoms with Crippen molar-refractivity contribution < 1.29 is 0 Å². The summed E-state index contributed by atoms with van der Waals surface area (Å²) in [5.74, 6) is 0.823. The van der Waals surface area contributed by atoms with Gasteiger partial charge in [0.05, 0.1) is 17.6 Å². The molecule has 2 rings (SSSR count). The molecule has 3 nitrogen and oxygen atoms in total. The van der Waals surface area contributed by atoms with E-state index < -0.39 is 0 Å². The van der Waals surface area contributed by atoms with Crippen molar-refractivity contribution in [3.8, 4) is 0 Å².